The SMILES string of the molecule is CSc1sc(/C(N)=N\C(=O)O)cc1S(=O)(=O)c1cccc(-c2c(C)cccc2NC(=O)NCCCCc2nnn(C(c3ccccc3)(c3ccccc3)c3ccccc3)n2)c1. The molecule has 3 amide bonds. The number of carbonyl (C=O) groups excluding carboxylic acids is 1. The molecule has 0 saturated carbocycles. The second-order valence-electron chi connectivity index (χ2n) is 13.9. The van der Waals surface area contributed by atoms with Gasteiger partial charge in [-0.05, 0) is 83.3 Å². The van der Waals surface area contributed by atoms with Gasteiger partial charge >= 0.3 is 12.1 Å². The Balaban J connectivity index is 1.02. The standard InChI is InChI=1S/C45H42N8O5S3/c1-30-16-14-25-36(40(30)31-17-15-24-35(28-31)61(57,58)38-29-37(60-42(38)59-2)41(46)49-44(55)56)48-43(54)47-27-13-12-26-39-50-52-53(51-39)45(32-18-6-3-7-19-32,33-20-8-4-9-21-33)34-22-10-5-11-23-34/h3-11,14-25,28-29H,12-13,26-27H2,1-2H3,(H2,46,49)(H,55,56)(H2,47,48,54). The van der Waals surface area contributed by atoms with Crippen LogP contribution in [0.1, 0.15) is 45.8 Å². The summed E-state index contributed by atoms with van der Waals surface area (Å²) in [6, 6.07) is 43.3. The van der Waals surface area contributed by atoms with Gasteiger partial charge in [-0.25, -0.2) is 18.0 Å². The first kappa shape index (κ1) is 42.5. The van der Waals surface area contributed by atoms with Crippen LogP contribution in [-0.2, 0) is 21.8 Å². The Labute approximate surface area is 361 Å². The second kappa shape index (κ2) is 18.8. The van der Waals surface area contributed by atoms with Gasteiger partial charge in [0.2, 0.25) is 9.84 Å². The number of carbonyl (C=O) groups is 2. The number of aryl methyl sites for hydroxylation is 2. The van der Waals surface area contributed by atoms with Crippen molar-refractivity contribution in [2.75, 3.05) is 18.1 Å². The number of thiophene rings is 1. The van der Waals surface area contributed by atoms with Gasteiger partial charge in [-0.15, -0.1) is 38.1 Å². The van der Waals surface area contributed by atoms with Crippen molar-refractivity contribution in [1.29, 1.82) is 0 Å². The number of nitrogens with zero attached hydrogens (tertiary/aromatic N) is 5. The summed E-state index contributed by atoms with van der Waals surface area (Å²) < 4.78 is 28.4. The van der Waals surface area contributed by atoms with Crippen molar-refractivity contribution in [3.8, 4) is 11.1 Å². The molecule has 7 rings (SSSR count). The molecule has 13 nitrogen and oxygen atoms in total. The lowest BCUT2D eigenvalue weighted by Gasteiger charge is -2.34. The molecule has 2 aromatic heterocycles. The highest BCUT2D eigenvalue weighted by molar-refractivity contribution is 8.01. The number of aromatic nitrogens is 4. The van der Waals surface area contributed by atoms with E-state index in [0.29, 0.717) is 52.7 Å². The summed E-state index contributed by atoms with van der Waals surface area (Å²) in [5.74, 6) is 0.303. The summed E-state index contributed by atoms with van der Waals surface area (Å²) in [5.41, 5.74) is 10.6. The van der Waals surface area contributed by atoms with Gasteiger partial charge in [0.15, 0.2) is 11.4 Å². The molecule has 5 aromatic carbocycles. The molecule has 2 heterocycles. The number of rotatable bonds is 15. The zero-order valence-corrected chi connectivity index (χ0v) is 35.7. The van der Waals surface area contributed by atoms with E-state index in [0.717, 1.165) is 33.6 Å². The predicted octanol–water partition coefficient (Wildman–Crippen LogP) is 8.63. The molecule has 0 aliphatic heterocycles. The van der Waals surface area contributed by atoms with Gasteiger partial charge in [0.05, 0.1) is 24.6 Å². The Morgan fingerprint density at radius 1 is 0.852 bits per heavy atom. The highest BCUT2D eigenvalue weighted by Gasteiger charge is 2.41. The summed E-state index contributed by atoms with van der Waals surface area (Å²) in [5, 5.41) is 29.0. The van der Waals surface area contributed by atoms with Crippen LogP contribution in [0, 0.1) is 6.92 Å². The van der Waals surface area contributed by atoms with E-state index in [1.807, 2.05) is 73.7 Å². The average molecular weight is 871 g/mol. The fourth-order valence-electron chi connectivity index (χ4n) is 7.22. The maximum absolute atomic E-state index is 14.0. The quantitative estimate of drug-likeness (QED) is 0.0255. The van der Waals surface area contributed by atoms with Crippen molar-refractivity contribution in [2.24, 2.45) is 10.7 Å². The number of nitrogens with two attached hydrogens (primary N) is 1. The maximum atomic E-state index is 14.0. The van der Waals surface area contributed by atoms with Crippen LogP contribution in [0.5, 0.6) is 0 Å². The number of amides is 3. The molecule has 5 N–H and O–H groups in total. The Morgan fingerprint density at radius 3 is 2.08 bits per heavy atom. The van der Waals surface area contributed by atoms with Crippen LogP contribution in [0.2, 0.25) is 0 Å². The van der Waals surface area contributed by atoms with Crippen LogP contribution >= 0.6 is 23.1 Å². The summed E-state index contributed by atoms with van der Waals surface area (Å²) in [6.45, 7) is 2.27. The fourth-order valence-corrected chi connectivity index (χ4v) is 11.2. The highest BCUT2D eigenvalue weighted by Crippen LogP contribution is 2.41. The zero-order chi connectivity index (χ0) is 43.0. The lowest BCUT2D eigenvalue weighted by molar-refractivity contribution is 0.205. The molecule has 0 aliphatic rings. The summed E-state index contributed by atoms with van der Waals surface area (Å²) in [7, 11) is -4.07. The monoisotopic (exact) mass is 870 g/mol. The molecule has 0 fully saturated rings. The number of aliphatic imine (C=N–C) groups is 1. The van der Waals surface area contributed by atoms with Crippen molar-refractivity contribution in [3.05, 3.63) is 172 Å². The van der Waals surface area contributed by atoms with Gasteiger partial charge in [0, 0.05) is 18.5 Å². The molecule has 7 aromatic rings. The van der Waals surface area contributed by atoms with Gasteiger partial charge < -0.3 is 21.5 Å². The number of benzene rings is 5. The summed E-state index contributed by atoms with van der Waals surface area (Å²) in [6.07, 6.45) is 2.15. The molecule has 0 bridgehead atoms. The number of hydrogen-bond donors (Lipinski definition) is 4. The third-order valence-corrected chi connectivity index (χ3v) is 14.3. The molecular weight excluding hydrogens is 829 g/mol. The smallest absolute Gasteiger partial charge is 0.433 e. The van der Waals surface area contributed by atoms with Crippen LogP contribution in [0.4, 0.5) is 15.3 Å². The minimum Gasteiger partial charge on any atom is -0.463 e. The van der Waals surface area contributed by atoms with E-state index in [1.54, 1.807) is 35.3 Å². The Kier molecular flexibility index (Phi) is 13.1. The molecule has 0 saturated heterocycles. The topological polar surface area (TPSA) is 195 Å². The average Bonchev–Trinajstić information content (AvgIpc) is 3.94. The third kappa shape index (κ3) is 9.11. The molecule has 16 heteroatoms. The number of amidine groups is 1. The van der Waals surface area contributed by atoms with Crippen molar-refractivity contribution in [1.82, 2.24) is 25.5 Å². The first-order chi connectivity index (χ1) is 29.5. The van der Waals surface area contributed by atoms with Crippen LogP contribution < -0.4 is 16.4 Å². The third-order valence-electron chi connectivity index (χ3n) is 10.0. The van der Waals surface area contributed by atoms with Crippen LogP contribution in [0.25, 0.3) is 11.1 Å². The normalized spacial score (nSPS) is 11.9. The predicted molar refractivity (Wildman–Crippen MR) is 239 cm³/mol. The lowest BCUT2D eigenvalue weighted by atomic mass is 9.77. The van der Waals surface area contributed by atoms with E-state index in [-0.39, 0.29) is 20.5 Å². The number of nitrogens with one attached hydrogen (secondary N) is 2. The van der Waals surface area contributed by atoms with Crippen molar-refractivity contribution >= 4 is 56.6 Å². The van der Waals surface area contributed by atoms with E-state index in [2.05, 4.69) is 62.3 Å². The number of unbranched alkanes of at least 4 members (excludes halogenated alkanes) is 1. The number of carboxylic acid groups (broad SMARTS) is 1. The van der Waals surface area contributed by atoms with Crippen LogP contribution in [-0.4, -0.2) is 64.5 Å². The molecule has 0 aliphatic carbocycles. The van der Waals surface area contributed by atoms with Gasteiger partial charge in [-0.1, -0.05) is 115 Å². The first-order valence-electron chi connectivity index (χ1n) is 19.2. The highest BCUT2D eigenvalue weighted by atomic mass is 32.2. The maximum Gasteiger partial charge on any atom is 0.433 e. The summed E-state index contributed by atoms with van der Waals surface area (Å²) in [4.78, 5) is 29.6. The minimum absolute atomic E-state index is 0.00302. The molecule has 0 unspecified atom stereocenters. The van der Waals surface area contributed by atoms with E-state index in [9.17, 15) is 18.0 Å². The Hall–Kier alpha value is -6.62. The Bertz CT molecular complexity index is 2700. The molecule has 0 atom stereocenters. The molecule has 0 spiro atoms. The first-order valence-corrected chi connectivity index (χ1v) is 22.8. The summed E-state index contributed by atoms with van der Waals surface area (Å²) >= 11 is 2.26. The molecule has 0 radical (unpaired) electrons. The van der Waals surface area contributed by atoms with Crippen LogP contribution in [0.15, 0.2) is 159 Å². The molecular formula is C45H42N8O5S3. The zero-order valence-electron chi connectivity index (χ0n) is 33.2. The van der Waals surface area contributed by atoms with Crippen molar-refractivity contribution in [3.63, 3.8) is 0 Å². The molecule has 61 heavy (non-hydrogen) atoms. The fraction of sp³-hybridized carbons (Fsp3) is 0.156. The second-order valence-corrected chi connectivity index (χ2v) is 18.0. The number of sulfone groups is 1. The van der Waals surface area contributed by atoms with Gasteiger partial charge in [0.1, 0.15) is 5.84 Å². The van der Waals surface area contributed by atoms with Crippen LogP contribution in [0.3, 0.4) is 0 Å². The number of thioether (sulfide) groups is 1. The number of urea groups is 1. The van der Waals surface area contributed by atoms with E-state index in [1.165, 1.54) is 23.9 Å². The number of anilines is 1. The Morgan fingerprint density at radius 2 is 1.48 bits per heavy atom. The van der Waals surface area contributed by atoms with E-state index in [4.69, 9.17) is 15.9 Å². The molecule has 310 valence electrons. The van der Waals surface area contributed by atoms with Crippen molar-refractivity contribution in [2.45, 2.75) is 45.7 Å². The number of hydrogen-bond acceptors (Lipinski definition) is 9. The minimum atomic E-state index is -4.07. The number of tetrazole rings is 1. The van der Waals surface area contributed by atoms with Crippen molar-refractivity contribution < 1.29 is 23.1 Å². The lowest BCUT2D eigenvalue weighted by Crippen LogP contribution is -2.39. The van der Waals surface area contributed by atoms with Gasteiger partial charge in [-0.3, -0.25) is 0 Å². The van der Waals surface area contributed by atoms with E-state index >= 15 is 0 Å². The van der Waals surface area contributed by atoms with Gasteiger partial charge in [0.25, 0.3) is 0 Å². The van der Waals surface area contributed by atoms with Gasteiger partial charge in [-0.2, -0.15) is 4.99 Å². The van der Waals surface area contributed by atoms with E-state index < -0.39 is 27.5 Å². The largest absolute Gasteiger partial charge is 0.463 e.